The maximum Gasteiger partial charge on any atom is 0.252 e. The zero-order valence-corrected chi connectivity index (χ0v) is 13.9. The number of hydrogen-bond acceptors (Lipinski definition) is 2. The number of hydrogen-bond donors (Lipinski definition) is 1. The van der Waals surface area contributed by atoms with E-state index in [0.29, 0.717) is 5.56 Å². The molecule has 0 aromatic carbocycles. The van der Waals surface area contributed by atoms with E-state index in [0.717, 1.165) is 17.4 Å². The second kappa shape index (κ2) is 10.8. The lowest BCUT2D eigenvalue weighted by atomic mass is 10.1. The molecular weight excluding hydrogens is 316 g/mol. The lowest BCUT2D eigenvalue weighted by molar-refractivity contribution is 0.0952. The molecule has 0 unspecified atom stereocenters. The minimum atomic E-state index is -0.0401. The van der Waals surface area contributed by atoms with Gasteiger partial charge in [-0.3, -0.25) is 9.78 Å². The van der Waals surface area contributed by atoms with Gasteiger partial charge in [0.25, 0.3) is 5.91 Å². The first-order valence-electron chi connectivity index (χ1n) is 7.62. The molecule has 3 nitrogen and oxygen atoms in total. The van der Waals surface area contributed by atoms with Crippen LogP contribution < -0.4 is 5.32 Å². The summed E-state index contributed by atoms with van der Waals surface area (Å²) in [5.74, 6) is -0.0401. The summed E-state index contributed by atoms with van der Waals surface area (Å²) in [4.78, 5) is 15.8. The van der Waals surface area contributed by atoms with Gasteiger partial charge in [-0.2, -0.15) is 0 Å². The van der Waals surface area contributed by atoms with Gasteiger partial charge in [0.05, 0.1) is 5.56 Å². The number of nitrogens with zero attached hydrogens (tertiary/aromatic N) is 1. The summed E-state index contributed by atoms with van der Waals surface area (Å²) in [6.45, 7) is 2.99. The number of unbranched alkanes of at least 4 members (excludes halogenated alkanes) is 7. The van der Waals surface area contributed by atoms with Crippen LogP contribution in [0, 0.1) is 0 Å². The molecule has 20 heavy (non-hydrogen) atoms. The highest BCUT2D eigenvalue weighted by atomic mass is 79.9. The molecule has 0 bridgehead atoms. The van der Waals surface area contributed by atoms with Crippen LogP contribution in [0.5, 0.6) is 0 Å². The smallest absolute Gasteiger partial charge is 0.252 e. The molecule has 0 saturated carbocycles. The Morgan fingerprint density at radius 2 is 1.75 bits per heavy atom. The summed E-state index contributed by atoms with van der Waals surface area (Å²) in [7, 11) is 0. The molecule has 0 fully saturated rings. The standard InChI is InChI=1S/C16H25BrN2O/c1-2-3-4-5-6-7-8-9-10-19-16(20)14-11-15(17)13-18-12-14/h11-13H,2-10H2,1H3,(H,19,20). The van der Waals surface area contributed by atoms with Crippen LogP contribution in [0.25, 0.3) is 0 Å². The maximum atomic E-state index is 11.8. The van der Waals surface area contributed by atoms with E-state index < -0.39 is 0 Å². The van der Waals surface area contributed by atoms with Gasteiger partial charge >= 0.3 is 0 Å². The van der Waals surface area contributed by atoms with Gasteiger partial charge < -0.3 is 5.32 Å². The van der Waals surface area contributed by atoms with E-state index in [1.165, 1.54) is 44.9 Å². The maximum absolute atomic E-state index is 11.8. The first-order valence-corrected chi connectivity index (χ1v) is 8.42. The summed E-state index contributed by atoms with van der Waals surface area (Å²) in [5, 5.41) is 2.94. The van der Waals surface area contributed by atoms with Crippen LogP contribution in [0.3, 0.4) is 0 Å². The van der Waals surface area contributed by atoms with E-state index in [1.54, 1.807) is 18.5 Å². The highest BCUT2D eigenvalue weighted by Gasteiger charge is 2.05. The summed E-state index contributed by atoms with van der Waals surface area (Å²) < 4.78 is 0.831. The normalized spacial score (nSPS) is 10.5. The second-order valence-electron chi connectivity index (χ2n) is 5.12. The molecule has 0 aliphatic carbocycles. The fraction of sp³-hybridized carbons (Fsp3) is 0.625. The summed E-state index contributed by atoms with van der Waals surface area (Å²) >= 11 is 3.32. The van der Waals surface area contributed by atoms with Crippen LogP contribution >= 0.6 is 15.9 Å². The van der Waals surface area contributed by atoms with Gasteiger partial charge in [-0.05, 0) is 28.4 Å². The Kier molecular flexibility index (Phi) is 9.29. The van der Waals surface area contributed by atoms with Crippen molar-refractivity contribution >= 4 is 21.8 Å². The van der Waals surface area contributed by atoms with E-state index in [9.17, 15) is 4.79 Å². The van der Waals surface area contributed by atoms with E-state index in [-0.39, 0.29) is 5.91 Å². The molecular formula is C16H25BrN2O. The summed E-state index contributed by atoms with van der Waals surface area (Å²) in [6.07, 6.45) is 13.5. The molecule has 1 amide bonds. The largest absolute Gasteiger partial charge is 0.352 e. The number of rotatable bonds is 10. The van der Waals surface area contributed by atoms with Crippen molar-refractivity contribution in [3.05, 3.63) is 28.5 Å². The highest BCUT2D eigenvalue weighted by Crippen LogP contribution is 2.10. The van der Waals surface area contributed by atoms with Gasteiger partial charge in [0.15, 0.2) is 0 Å². The molecule has 1 aromatic heterocycles. The molecule has 0 aliphatic heterocycles. The lowest BCUT2D eigenvalue weighted by Gasteiger charge is -2.05. The Balaban J connectivity index is 2.02. The van der Waals surface area contributed by atoms with Crippen molar-refractivity contribution in [2.24, 2.45) is 0 Å². The Hall–Kier alpha value is -0.900. The Labute approximate surface area is 130 Å². The van der Waals surface area contributed by atoms with E-state index in [4.69, 9.17) is 0 Å². The highest BCUT2D eigenvalue weighted by molar-refractivity contribution is 9.10. The fourth-order valence-corrected chi connectivity index (χ4v) is 2.46. The second-order valence-corrected chi connectivity index (χ2v) is 6.04. The third kappa shape index (κ3) is 7.63. The van der Waals surface area contributed by atoms with Crippen LogP contribution in [-0.4, -0.2) is 17.4 Å². The molecule has 0 atom stereocenters. The molecule has 0 aliphatic rings. The van der Waals surface area contributed by atoms with Crippen molar-refractivity contribution in [3.63, 3.8) is 0 Å². The first kappa shape index (κ1) is 17.2. The SMILES string of the molecule is CCCCCCCCCCNC(=O)c1cncc(Br)c1. The van der Waals surface area contributed by atoms with Crippen molar-refractivity contribution in [1.82, 2.24) is 10.3 Å². The van der Waals surface area contributed by atoms with Crippen LogP contribution in [-0.2, 0) is 0 Å². The third-order valence-electron chi connectivity index (χ3n) is 3.28. The fourth-order valence-electron chi connectivity index (χ4n) is 2.10. The van der Waals surface area contributed by atoms with Crippen molar-refractivity contribution < 1.29 is 4.79 Å². The van der Waals surface area contributed by atoms with Gasteiger partial charge in [0.2, 0.25) is 0 Å². The van der Waals surface area contributed by atoms with Crippen molar-refractivity contribution in [1.29, 1.82) is 0 Å². The predicted octanol–water partition coefficient (Wildman–Crippen LogP) is 4.71. The Morgan fingerprint density at radius 1 is 1.10 bits per heavy atom. The zero-order chi connectivity index (χ0) is 14.6. The van der Waals surface area contributed by atoms with Crippen molar-refractivity contribution in [2.75, 3.05) is 6.54 Å². The van der Waals surface area contributed by atoms with Gasteiger partial charge in [-0.1, -0.05) is 51.9 Å². The molecule has 1 aromatic rings. The van der Waals surface area contributed by atoms with Crippen molar-refractivity contribution in [3.8, 4) is 0 Å². The lowest BCUT2D eigenvalue weighted by Crippen LogP contribution is -2.24. The van der Waals surface area contributed by atoms with E-state index >= 15 is 0 Å². The number of halogens is 1. The number of pyridine rings is 1. The quantitative estimate of drug-likeness (QED) is 0.626. The van der Waals surface area contributed by atoms with Gasteiger partial charge in [-0.15, -0.1) is 0 Å². The monoisotopic (exact) mass is 340 g/mol. The van der Waals surface area contributed by atoms with Crippen LogP contribution in [0.15, 0.2) is 22.9 Å². The molecule has 1 rings (SSSR count). The van der Waals surface area contributed by atoms with Gasteiger partial charge in [0.1, 0.15) is 0 Å². The molecule has 0 spiro atoms. The molecule has 112 valence electrons. The van der Waals surface area contributed by atoms with Crippen LogP contribution in [0.2, 0.25) is 0 Å². The summed E-state index contributed by atoms with van der Waals surface area (Å²) in [5.41, 5.74) is 0.610. The first-order chi connectivity index (χ1) is 9.74. The molecule has 0 saturated heterocycles. The number of amides is 1. The van der Waals surface area contributed by atoms with Crippen molar-refractivity contribution in [2.45, 2.75) is 58.3 Å². The van der Waals surface area contributed by atoms with Gasteiger partial charge in [-0.25, -0.2) is 0 Å². The molecule has 1 N–H and O–H groups in total. The minimum Gasteiger partial charge on any atom is -0.352 e. The zero-order valence-electron chi connectivity index (χ0n) is 12.3. The minimum absolute atomic E-state index is 0.0401. The van der Waals surface area contributed by atoms with Crippen LogP contribution in [0.1, 0.15) is 68.6 Å². The third-order valence-corrected chi connectivity index (χ3v) is 3.72. The number of carbonyl (C=O) groups is 1. The Morgan fingerprint density at radius 3 is 2.40 bits per heavy atom. The molecule has 4 heteroatoms. The van der Waals surface area contributed by atoms with Gasteiger partial charge in [0, 0.05) is 23.4 Å². The number of carbonyl (C=O) groups excluding carboxylic acids is 1. The average molecular weight is 341 g/mol. The summed E-state index contributed by atoms with van der Waals surface area (Å²) in [6, 6.07) is 1.79. The predicted molar refractivity (Wildman–Crippen MR) is 86.9 cm³/mol. The number of aromatic nitrogens is 1. The van der Waals surface area contributed by atoms with E-state index in [2.05, 4.69) is 33.2 Å². The number of nitrogens with one attached hydrogen (secondary N) is 1. The molecule has 1 heterocycles. The topological polar surface area (TPSA) is 42.0 Å². The van der Waals surface area contributed by atoms with E-state index in [1.807, 2.05) is 0 Å². The van der Waals surface area contributed by atoms with Crippen LogP contribution in [0.4, 0.5) is 0 Å². The Bertz CT molecular complexity index is 396. The molecule has 0 radical (unpaired) electrons. The average Bonchev–Trinajstić information content (AvgIpc) is 2.45.